The smallest absolute Gasteiger partial charge is 0.257 e. The lowest BCUT2D eigenvalue weighted by molar-refractivity contribution is 0.0984. The van der Waals surface area contributed by atoms with Gasteiger partial charge < -0.3 is 22.1 Å². The van der Waals surface area contributed by atoms with Gasteiger partial charge >= 0.3 is 0 Å². The van der Waals surface area contributed by atoms with Gasteiger partial charge in [-0.15, -0.1) is 22.7 Å². The standard InChI is InChI=1S/C22H22N4O4S2/c1-9-11(3)31-21(15(9)17(23)27)25-19(29)13-7-5-6-8-14(13)20(30)26-22-16(18(24)28)10(2)12(4)32-22/h5-8H,1-4H3,(H2,23,27)(H2,24,28)(H,25,29)(H,26,30). The molecule has 6 N–H and O–H groups in total. The second-order valence-electron chi connectivity index (χ2n) is 7.16. The van der Waals surface area contributed by atoms with Crippen LogP contribution >= 0.6 is 22.7 Å². The molecule has 0 saturated heterocycles. The van der Waals surface area contributed by atoms with Gasteiger partial charge in [0.15, 0.2) is 0 Å². The van der Waals surface area contributed by atoms with Crippen LogP contribution in [0.25, 0.3) is 0 Å². The Hall–Kier alpha value is -3.50. The highest BCUT2D eigenvalue weighted by molar-refractivity contribution is 7.17. The molecule has 0 spiro atoms. The van der Waals surface area contributed by atoms with Crippen molar-refractivity contribution in [3.63, 3.8) is 0 Å². The van der Waals surface area contributed by atoms with Crippen LogP contribution in [0.4, 0.5) is 10.0 Å². The molecule has 8 nitrogen and oxygen atoms in total. The number of benzene rings is 1. The number of carbonyl (C=O) groups excluding carboxylic acids is 4. The monoisotopic (exact) mass is 470 g/mol. The van der Waals surface area contributed by atoms with Gasteiger partial charge in [-0.1, -0.05) is 12.1 Å². The van der Waals surface area contributed by atoms with Gasteiger partial charge in [0.05, 0.1) is 22.3 Å². The predicted molar refractivity (Wildman–Crippen MR) is 127 cm³/mol. The van der Waals surface area contributed by atoms with E-state index >= 15 is 0 Å². The molecule has 3 rings (SSSR count). The summed E-state index contributed by atoms with van der Waals surface area (Å²) in [5.41, 5.74) is 13.1. The van der Waals surface area contributed by atoms with Crippen molar-refractivity contribution in [1.82, 2.24) is 0 Å². The van der Waals surface area contributed by atoms with E-state index < -0.39 is 23.6 Å². The van der Waals surface area contributed by atoms with Crippen LogP contribution in [0.2, 0.25) is 0 Å². The van der Waals surface area contributed by atoms with Gasteiger partial charge in [0, 0.05) is 9.75 Å². The Morgan fingerprint density at radius 2 is 1.03 bits per heavy atom. The van der Waals surface area contributed by atoms with Crippen LogP contribution in [0.1, 0.15) is 62.3 Å². The van der Waals surface area contributed by atoms with Gasteiger partial charge in [0.2, 0.25) is 0 Å². The zero-order valence-corrected chi connectivity index (χ0v) is 19.5. The molecule has 0 bridgehead atoms. The maximum atomic E-state index is 13.0. The number of anilines is 2. The summed E-state index contributed by atoms with van der Waals surface area (Å²) < 4.78 is 0. The normalized spacial score (nSPS) is 10.6. The SMILES string of the molecule is Cc1sc(NC(=O)c2ccccc2C(=O)Nc2sc(C)c(C)c2C(N)=O)c(C(N)=O)c1C. The fourth-order valence-corrected chi connectivity index (χ4v) is 5.37. The quantitative estimate of drug-likeness (QED) is 0.435. The van der Waals surface area contributed by atoms with Crippen LogP contribution in [-0.4, -0.2) is 23.6 Å². The highest BCUT2D eigenvalue weighted by Crippen LogP contribution is 2.34. The van der Waals surface area contributed by atoms with Crippen molar-refractivity contribution in [1.29, 1.82) is 0 Å². The summed E-state index contributed by atoms with van der Waals surface area (Å²) in [4.78, 5) is 51.4. The van der Waals surface area contributed by atoms with E-state index in [0.29, 0.717) is 21.1 Å². The van der Waals surface area contributed by atoms with Crippen molar-refractivity contribution < 1.29 is 19.2 Å². The molecule has 32 heavy (non-hydrogen) atoms. The summed E-state index contributed by atoms with van der Waals surface area (Å²) in [6.07, 6.45) is 0. The average molecular weight is 471 g/mol. The van der Waals surface area contributed by atoms with E-state index in [9.17, 15) is 19.2 Å². The molecular formula is C22H22N4O4S2. The minimum Gasteiger partial charge on any atom is -0.365 e. The van der Waals surface area contributed by atoms with Gasteiger partial charge in [0.1, 0.15) is 10.0 Å². The van der Waals surface area contributed by atoms with E-state index in [-0.39, 0.29) is 22.3 Å². The summed E-state index contributed by atoms with van der Waals surface area (Å²) in [7, 11) is 0. The summed E-state index contributed by atoms with van der Waals surface area (Å²) in [5, 5.41) is 6.05. The molecule has 10 heteroatoms. The summed E-state index contributed by atoms with van der Waals surface area (Å²) in [6.45, 7) is 7.16. The van der Waals surface area contributed by atoms with Crippen molar-refractivity contribution in [3.05, 3.63) is 67.4 Å². The Kier molecular flexibility index (Phi) is 6.47. The molecule has 0 saturated carbocycles. The van der Waals surface area contributed by atoms with Gasteiger partial charge in [-0.3, -0.25) is 19.2 Å². The van der Waals surface area contributed by atoms with Gasteiger partial charge in [0.25, 0.3) is 23.6 Å². The third kappa shape index (κ3) is 4.27. The number of thiophene rings is 2. The molecule has 0 aliphatic carbocycles. The van der Waals surface area contributed by atoms with Crippen LogP contribution in [0.5, 0.6) is 0 Å². The minimum atomic E-state index is -0.643. The Balaban J connectivity index is 1.93. The van der Waals surface area contributed by atoms with Crippen molar-refractivity contribution in [2.24, 2.45) is 11.5 Å². The topological polar surface area (TPSA) is 144 Å². The third-order valence-electron chi connectivity index (χ3n) is 5.13. The first-order chi connectivity index (χ1) is 15.0. The average Bonchev–Trinajstić information content (AvgIpc) is 3.16. The van der Waals surface area contributed by atoms with Crippen molar-refractivity contribution in [3.8, 4) is 0 Å². The summed E-state index contributed by atoms with van der Waals surface area (Å²) >= 11 is 2.47. The molecule has 1 aromatic carbocycles. The Morgan fingerprint density at radius 3 is 1.34 bits per heavy atom. The number of aryl methyl sites for hydroxylation is 2. The number of nitrogens with two attached hydrogens (primary N) is 2. The van der Waals surface area contributed by atoms with E-state index in [2.05, 4.69) is 10.6 Å². The summed E-state index contributed by atoms with van der Waals surface area (Å²) in [5.74, 6) is -2.41. The first-order valence-electron chi connectivity index (χ1n) is 9.54. The highest BCUT2D eigenvalue weighted by atomic mass is 32.1. The number of primary amides is 2. The molecular weight excluding hydrogens is 448 g/mol. The fourth-order valence-electron chi connectivity index (χ4n) is 3.24. The van der Waals surface area contributed by atoms with Gasteiger partial charge in [-0.25, -0.2) is 0 Å². The number of hydrogen-bond donors (Lipinski definition) is 4. The number of nitrogens with one attached hydrogen (secondary N) is 2. The number of amides is 4. The third-order valence-corrected chi connectivity index (χ3v) is 7.38. The molecule has 0 radical (unpaired) electrons. The lowest BCUT2D eigenvalue weighted by atomic mass is 10.1. The van der Waals surface area contributed by atoms with E-state index in [1.807, 2.05) is 13.8 Å². The predicted octanol–water partition coefficient (Wildman–Crippen LogP) is 3.75. The highest BCUT2D eigenvalue weighted by Gasteiger charge is 2.24. The summed E-state index contributed by atoms with van der Waals surface area (Å²) in [6, 6.07) is 6.25. The van der Waals surface area contributed by atoms with Crippen molar-refractivity contribution >= 4 is 56.3 Å². The molecule has 0 unspecified atom stereocenters. The lowest BCUT2D eigenvalue weighted by Gasteiger charge is -2.11. The Bertz CT molecular complexity index is 1180. The first-order valence-corrected chi connectivity index (χ1v) is 11.2. The molecule has 3 aromatic rings. The van der Waals surface area contributed by atoms with Crippen LogP contribution in [0.3, 0.4) is 0 Å². The maximum Gasteiger partial charge on any atom is 0.257 e. The minimum absolute atomic E-state index is 0.106. The fraction of sp³-hybridized carbons (Fsp3) is 0.182. The number of hydrogen-bond acceptors (Lipinski definition) is 6. The molecule has 4 amide bonds. The van der Waals surface area contributed by atoms with Crippen LogP contribution in [0.15, 0.2) is 24.3 Å². The van der Waals surface area contributed by atoms with E-state index in [1.54, 1.807) is 26.0 Å². The maximum absolute atomic E-state index is 13.0. The Morgan fingerprint density at radius 1 is 0.688 bits per heavy atom. The van der Waals surface area contributed by atoms with Crippen molar-refractivity contribution in [2.75, 3.05) is 10.6 Å². The zero-order valence-electron chi connectivity index (χ0n) is 17.9. The molecule has 2 aromatic heterocycles. The molecule has 0 fully saturated rings. The molecule has 0 aliphatic rings. The van der Waals surface area contributed by atoms with E-state index in [4.69, 9.17) is 11.5 Å². The van der Waals surface area contributed by atoms with E-state index in [0.717, 1.165) is 9.75 Å². The Labute approximate surface area is 192 Å². The second-order valence-corrected chi connectivity index (χ2v) is 9.61. The lowest BCUT2D eigenvalue weighted by Crippen LogP contribution is -2.22. The van der Waals surface area contributed by atoms with Crippen molar-refractivity contribution in [2.45, 2.75) is 27.7 Å². The van der Waals surface area contributed by atoms with Gasteiger partial charge in [-0.2, -0.15) is 0 Å². The zero-order chi connectivity index (χ0) is 23.7. The molecule has 166 valence electrons. The van der Waals surface area contributed by atoms with Gasteiger partial charge in [-0.05, 0) is 51.0 Å². The number of rotatable bonds is 6. The van der Waals surface area contributed by atoms with Crippen LogP contribution < -0.4 is 22.1 Å². The van der Waals surface area contributed by atoms with Crippen LogP contribution in [-0.2, 0) is 0 Å². The second kappa shape index (κ2) is 8.93. The molecule has 0 aliphatic heterocycles. The number of carbonyl (C=O) groups is 4. The molecule has 2 heterocycles. The first kappa shape index (κ1) is 23.2. The van der Waals surface area contributed by atoms with E-state index in [1.165, 1.54) is 34.8 Å². The molecule has 0 atom stereocenters. The largest absolute Gasteiger partial charge is 0.365 e. The van der Waals surface area contributed by atoms with Crippen LogP contribution in [0, 0.1) is 27.7 Å².